The predicted molar refractivity (Wildman–Crippen MR) is 75.9 cm³/mol. The van der Waals surface area contributed by atoms with Crippen molar-refractivity contribution in [2.45, 2.75) is 57.5 Å². The van der Waals surface area contributed by atoms with Crippen LogP contribution in [0, 0.1) is 5.92 Å². The average Bonchev–Trinajstić information content (AvgIpc) is 3.19. The molecule has 0 aliphatic heterocycles. The Kier molecular flexibility index (Phi) is 5.93. The highest BCUT2D eigenvalue weighted by Gasteiger charge is 2.27. The van der Waals surface area contributed by atoms with E-state index >= 15 is 0 Å². The molecule has 2 saturated carbocycles. The predicted octanol–water partition coefficient (Wildman–Crippen LogP) is 2.27. The number of hydrogen-bond acceptors (Lipinski definition) is 3. The van der Waals surface area contributed by atoms with Crippen LogP contribution in [0.5, 0.6) is 0 Å². The summed E-state index contributed by atoms with van der Waals surface area (Å²) in [5.41, 5.74) is 0. The Morgan fingerprint density at radius 2 is 1.94 bits per heavy atom. The molecule has 0 spiro atoms. The second kappa shape index (κ2) is 7.46. The molecule has 2 aliphatic rings. The number of ether oxygens (including phenoxy) is 1. The molecule has 0 radical (unpaired) electrons. The molecule has 2 atom stereocenters. The molecule has 3 nitrogen and oxygen atoms in total. The summed E-state index contributed by atoms with van der Waals surface area (Å²) in [4.78, 5) is 2.51. The summed E-state index contributed by atoms with van der Waals surface area (Å²) >= 11 is 0. The van der Waals surface area contributed by atoms with E-state index in [1.54, 1.807) is 0 Å². The van der Waals surface area contributed by atoms with Crippen LogP contribution in [0.4, 0.5) is 0 Å². The van der Waals surface area contributed by atoms with Crippen LogP contribution >= 0.6 is 0 Å². The van der Waals surface area contributed by atoms with E-state index in [2.05, 4.69) is 24.2 Å². The second-order valence-electron chi connectivity index (χ2n) is 6.01. The molecule has 0 amide bonds. The van der Waals surface area contributed by atoms with Crippen LogP contribution in [0.3, 0.4) is 0 Å². The van der Waals surface area contributed by atoms with Gasteiger partial charge in [0.2, 0.25) is 0 Å². The molecule has 3 heteroatoms. The summed E-state index contributed by atoms with van der Waals surface area (Å²) in [7, 11) is 2.26. The summed E-state index contributed by atoms with van der Waals surface area (Å²) in [5.74, 6) is 0.888. The van der Waals surface area contributed by atoms with E-state index in [-0.39, 0.29) is 0 Å². The lowest BCUT2D eigenvalue weighted by Gasteiger charge is -2.38. The van der Waals surface area contributed by atoms with Crippen LogP contribution in [0.2, 0.25) is 0 Å². The van der Waals surface area contributed by atoms with E-state index in [4.69, 9.17) is 4.74 Å². The third-order valence-electron chi connectivity index (χ3n) is 4.40. The highest BCUT2D eigenvalue weighted by molar-refractivity contribution is 4.86. The van der Waals surface area contributed by atoms with Crippen LogP contribution < -0.4 is 5.32 Å². The summed E-state index contributed by atoms with van der Waals surface area (Å²) in [6.45, 7) is 6.29. The first kappa shape index (κ1) is 14.3. The lowest BCUT2D eigenvalue weighted by molar-refractivity contribution is 0.0745. The third-order valence-corrected chi connectivity index (χ3v) is 4.40. The molecule has 1 N–H and O–H groups in total. The Morgan fingerprint density at radius 3 is 2.67 bits per heavy atom. The molecule has 2 aliphatic carbocycles. The monoisotopic (exact) mass is 254 g/mol. The first-order chi connectivity index (χ1) is 8.81. The molecule has 0 bridgehead atoms. The van der Waals surface area contributed by atoms with Gasteiger partial charge in [0.1, 0.15) is 0 Å². The van der Waals surface area contributed by atoms with Crippen LogP contribution in [-0.4, -0.2) is 50.3 Å². The molecule has 18 heavy (non-hydrogen) atoms. The zero-order chi connectivity index (χ0) is 12.8. The van der Waals surface area contributed by atoms with Gasteiger partial charge in [-0.1, -0.05) is 19.8 Å². The van der Waals surface area contributed by atoms with Crippen molar-refractivity contribution in [2.75, 3.05) is 33.4 Å². The van der Waals surface area contributed by atoms with Crippen molar-refractivity contribution in [3.8, 4) is 0 Å². The maximum atomic E-state index is 5.75. The molecule has 2 unspecified atom stereocenters. The summed E-state index contributed by atoms with van der Waals surface area (Å²) in [5, 5.41) is 3.65. The molecule has 2 fully saturated rings. The highest BCUT2D eigenvalue weighted by atomic mass is 16.5. The van der Waals surface area contributed by atoms with Crippen LogP contribution in [-0.2, 0) is 4.74 Å². The van der Waals surface area contributed by atoms with Crippen molar-refractivity contribution in [2.24, 2.45) is 5.92 Å². The zero-order valence-corrected chi connectivity index (χ0v) is 12.2. The van der Waals surface area contributed by atoms with E-state index in [9.17, 15) is 0 Å². The minimum Gasteiger partial charge on any atom is -0.380 e. The zero-order valence-electron chi connectivity index (χ0n) is 12.2. The number of nitrogens with one attached hydrogen (secondary N) is 1. The van der Waals surface area contributed by atoms with Gasteiger partial charge in [0.25, 0.3) is 0 Å². The standard InChI is InChI=1S/C15H30N2O/c1-3-16-14-6-4-5-7-15(14)17(2)10-11-18-12-13-8-9-13/h13-16H,3-12H2,1-2H3. The molecule has 2 rings (SSSR count). The van der Waals surface area contributed by atoms with Crippen molar-refractivity contribution in [3.05, 3.63) is 0 Å². The van der Waals surface area contributed by atoms with Gasteiger partial charge in [-0.05, 0) is 45.2 Å². The summed E-state index contributed by atoms with van der Waals surface area (Å²) < 4.78 is 5.75. The minimum absolute atomic E-state index is 0.692. The Morgan fingerprint density at radius 1 is 1.17 bits per heavy atom. The van der Waals surface area contributed by atoms with E-state index in [0.717, 1.165) is 32.2 Å². The van der Waals surface area contributed by atoms with Crippen molar-refractivity contribution in [1.29, 1.82) is 0 Å². The number of nitrogens with zero attached hydrogens (tertiary/aromatic N) is 1. The molecule has 0 heterocycles. The van der Waals surface area contributed by atoms with E-state index in [0.29, 0.717) is 12.1 Å². The molecule has 0 aromatic rings. The Bertz CT molecular complexity index is 229. The summed E-state index contributed by atoms with van der Waals surface area (Å²) in [6.07, 6.45) is 8.24. The van der Waals surface area contributed by atoms with Crippen molar-refractivity contribution >= 4 is 0 Å². The largest absolute Gasteiger partial charge is 0.380 e. The Balaban J connectivity index is 1.65. The maximum absolute atomic E-state index is 5.75. The molecule has 106 valence electrons. The fourth-order valence-electron chi connectivity index (χ4n) is 3.05. The topological polar surface area (TPSA) is 24.5 Å². The van der Waals surface area contributed by atoms with E-state index in [1.807, 2.05) is 0 Å². The van der Waals surface area contributed by atoms with Gasteiger partial charge in [-0.3, -0.25) is 4.90 Å². The van der Waals surface area contributed by atoms with Gasteiger partial charge in [-0.15, -0.1) is 0 Å². The van der Waals surface area contributed by atoms with E-state index in [1.165, 1.54) is 38.5 Å². The van der Waals surface area contributed by atoms with Crippen molar-refractivity contribution in [1.82, 2.24) is 10.2 Å². The first-order valence-corrected chi connectivity index (χ1v) is 7.82. The fraction of sp³-hybridized carbons (Fsp3) is 1.00. The van der Waals surface area contributed by atoms with Crippen LogP contribution in [0.25, 0.3) is 0 Å². The minimum atomic E-state index is 0.692. The smallest absolute Gasteiger partial charge is 0.0593 e. The van der Waals surface area contributed by atoms with Gasteiger partial charge in [0.15, 0.2) is 0 Å². The average molecular weight is 254 g/mol. The third kappa shape index (κ3) is 4.52. The fourth-order valence-corrected chi connectivity index (χ4v) is 3.05. The van der Waals surface area contributed by atoms with Crippen LogP contribution in [0.15, 0.2) is 0 Å². The quantitative estimate of drug-likeness (QED) is 0.673. The maximum Gasteiger partial charge on any atom is 0.0593 e. The summed E-state index contributed by atoms with van der Waals surface area (Å²) in [6, 6.07) is 1.40. The van der Waals surface area contributed by atoms with Crippen molar-refractivity contribution in [3.63, 3.8) is 0 Å². The molecule has 0 aromatic carbocycles. The number of hydrogen-bond donors (Lipinski definition) is 1. The lowest BCUT2D eigenvalue weighted by Crippen LogP contribution is -2.51. The van der Waals surface area contributed by atoms with Gasteiger partial charge in [-0.2, -0.15) is 0 Å². The van der Waals surface area contributed by atoms with Gasteiger partial charge in [0.05, 0.1) is 6.61 Å². The van der Waals surface area contributed by atoms with E-state index < -0.39 is 0 Å². The molecule has 0 aromatic heterocycles. The number of rotatable bonds is 8. The Hall–Kier alpha value is -0.120. The number of likely N-dealkylation sites (N-methyl/N-ethyl adjacent to an activating group) is 2. The van der Waals surface area contributed by atoms with Crippen LogP contribution in [0.1, 0.15) is 45.4 Å². The van der Waals surface area contributed by atoms with Crippen molar-refractivity contribution < 1.29 is 4.74 Å². The van der Waals surface area contributed by atoms with Gasteiger partial charge >= 0.3 is 0 Å². The van der Waals surface area contributed by atoms with Gasteiger partial charge in [0, 0.05) is 25.2 Å². The molecule has 0 saturated heterocycles. The molecular formula is C15H30N2O. The first-order valence-electron chi connectivity index (χ1n) is 7.82. The highest BCUT2D eigenvalue weighted by Crippen LogP contribution is 2.28. The lowest BCUT2D eigenvalue weighted by atomic mass is 9.89. The SMILES string of the molecule is CCNC1CCCCC1N(C)CCOCC1CC1. The molecular weight excluding hydrogens is 224 g/mol. The van der Waals surface area contributed by atoms with Gasteiger partial charge < -0.3 is 10.1 Å². The Labute approximate surface area is 112 Å². The normalized spacial score (nSPS) is 28.8. The second-order valence-corrected chi connectivity index (χ2v) is 6.01. The van der Waals surface area contributed by atoms with Gasteiger partial charge in [-0.25, -0.2) is 0 Å².